The maximum absolute atomic E-state index is 11.7. The van der Waals surface area contributed by atoms with E-state index in [4.69, 9.17) is 9.52 Å². The van der Waals surface area contributed by atoms with E-state index in [9.17, 15) is 9.59 Å². The molecule has 0 spiro atoms. The Balaban J connectivity index is 2.36. The van der Waals surface area contributed by atoms with Gasteiger partial charge in [-0.05, 0) is 25.1 Å². The number of amides is 1. The largest absolute Gasteiger partial charge is 0.480 e. The van der Waals surface area contributed by atoms with Gasteiger partial charge in [-0.2, -0.15) is 0 Å². The topological polar surface area (TPSA) is 79.5 Å². The summed E-state index contributed by atoms with van der Waals surface area (Å²) >= 11 is 3.34. The first kappa shape index (κ1) is 12.6. The number of carboxylic acid groups (broad SMARTS) is 1. The van der Waals surface area contributed by atoms with Gasteiger partial charge in [0.15, 0.2) is 5.76 Å². The van der Waals surface area contributed by atoms with Gasteiger partial charge in [0.2, 0.25) is 0 Å². The average molecular weight is 312 g/mol. The number of carbonyl (C=O) groups is 2. The van der Waals surface area contributed by atoms with E-state index >= 15 is 0 Å². The highest BCUT2D eigenvalue weighted by molar-refractivity contribution is 9.10. The fourth-order valence-electron chi connectivity index (χ4n) is 1.65. The lowest BCUT2D eigenvalue weighted by Gasteiger charge is -1.99. The van der Waals surface area contributed by atoms with Crippen molar-refractivity contribution in [1.82, 2.24) is 5.32 Å². The van der Waals surface area contributed by atoms with Crippen LogP contribution in [0.4, 0.5) is 0 Å². The van der Waals surface area contributed by atoms with Crippen LogP contribution in [0, 0.1) is 6.92 Å². The van der Waals surface area contributed by atoms with Crippen molar-refractivity contribution in [3.05, 3.63) is 34.0 Å². The fraction of sp³-hybridized carbons (Fsp3) is 0.167. The molecule has 0 bridgehead atoms. The van der Waals surface area contributed by atoms with Crippen LogP contribution in [0.1, 0.15) is 16.1 Å². The van der Waals surface area contributed by atoms with Crippen molar-refractivity contribution >= 4 is 38.8 Å². The molecule has 94 valence electrons. The first-order chi connectivity index (χ1) is 8.49. The van der Waals surface area contributed by atoms with Crippen LogP contribution in [-0.4, -0.2) is 23.5 Å². The van der Waals surface area contributed by atoms with Crippen molar-refractivity contribution in [3.8, 4) is 0 Å². The van der Waals surface area contributed by atoms with Crippen LogP contribution in [-0.2, 0) is 4.79 Å². The molecule has 0 aliphatic carbocycles. The third kappa shape index (κ3) is 2.38. The van der Waals surface area contributed by atoms with E-state index in [2.05, 4.69) is 21.2 Å². The Morgan fingerprint density at radius 1 is 1.44 bits per heavy atom. The molecule has 0 fully saturated rings. The SMILES string of the molecule is Cc1c(C(=O)NCC(=O)O)oc2ccc(Br)cc12. The second-order valence-corrected chi connectivity index (χ2v) is 4.69. The highest BCUT2D eigenvalue weighted by Gasteiger charge is 2.18. The van der Waals surface area contributed by atoms with Gasteiger partial charge < -0.3 is 14.8 Å². The van der Waals surface area contributed by atoms with Crippen LogP contribution in [0.3, 0.4) is 0 Å². The van der Waals surface area contributed by atoms with Crippen molar-refractivity contribution in [2.45, 2.75) is 6.92 Å². The summed E-state index contributed by atoms with van der Waals surface area (Å²) in [5.41, 5.74) is 1.28. The van der Waals surface area contributed by atoms with E-state index in [1.54, 1.807) is 13.0 Å². The van der Waals surface area contributed by atoms with E-state index in [0.29, 0.717) is 11.1 Å². The quantitative estimate of drug-likeness (QED) is 0.911. The normalized spacial score (nSPS) is 10.6. The summed E-state index contributed by atoms with van der Waals surface area (Å²) in [5, 5.41) is 11.6. The molecule has 2 N–H and O–H groups in total. The number of benzene rings is 1. The standard InChI is InChI=1S/C12H10BrNO4/c1-6-8-4-7(13)2-3-9(8)18-11(6)12(17)14-5-10(15)16/h2-4H,5H2,1H3,(H,14,17)(H,15,16). The predicted octanol–water partition coefficient (Wildman–Crippen LogP) is 2.32. The third-order valence-electron chi connectivity index (χ3n) is 2.50. The number of furan rings is 1. The maximum Gasteiger partial charge on any atom is 0.322 e. The number of aliphatic carboxylic acids is 1. The molecule has 0 aliphatic rings. The minimum atomic E-state index is -1.10. The summed E-state index contributed by atoms with van der Waals surface area (Å²) in [6, 6.07) is 5.41. The molecule has 2 aromatic rings. The lowest BCUT2D eigenvalue weighted by atomic mass is 10.1. The van der Waals surface area contributed by atoms with Gasteiger partial charge in [0.25, 0.3) is 5.91 Å². The highest BCUT2D eigenvalue weighted by Crippen LogP contribution is 2.27. The van der Waals surface area contributed by atoms with Crippen molar-refractivity contribution < 1.29 is 19.1 Å². The number of carboxylic acids is 1. The molecule has 0 aliphatic heterocycles. The molecule has 1 aromatic carbocycles. The maximum atomic E-state index is 11.7. The van der Waals surface area contributed by atoms with Crippen molar-refractivity contribution in [1.29, 1.82) is 0 Å². The number of carbonyl (C=O) groups excluding carboxylic acids is 1. The second-order valence-electron chi connectivity index (χ2n) is 3.77. The van der Waals surface area contributed by atoms with Crippen LogP contribution >= 0.6 is 15.9 Å². The molecule has 6 heteroatoms. The summed E-state index contributed by atoms with van der Waals surface area (Å²) in [5.74, 6) is -1.48. The Hall–Kier alpha value is -1.82. The van der Waals surface area contributed by atoms with Gasteiger partial charge in [-0.25, -0.2) is 0 Å². The van der Waals surface area contributed by atoms with Crippen LogP contribution in [0.15, 0.2) is 27.1 Å². The number of aryl methyl sites for hydroxylation is 1. The lowest BCUT2D eigenvalue weighted by molar-refractivity contribution is -0.135. The zero-order chi connectivity index (χ0) is 13.3. The molecule has 1 heterocycles. The number of fused-ring (bicyclic) bond motifs is 1. The molecule has 1 amide bonds. The van der Waals surface area contributed by atoms with Gasteiger partial charge in [-0.15, -0.1) is 0 Å². The summed E-state index contributed by atoms with van der Waals surface area (Å²) in [6.07, 6.45) is 0. The Labute approximate surface area is 111 Å². The Morgan fingerprint density at radius 3 is 2.83 bits per heavy atom. The Morgan fingerprint density at radius 2 is 2.17 bits per heavy atom. The second kappa shape index (κ2) is 4.81. The van der Waals surface area contributed by atoms with Crippen LogP contribution in [0.25, 0.3) is 11.0 Å². The van der Waals surface area contributed by atoms with Crippen molar-refractivity contribution in [2.24, 2.45) is 0 Å². The molecular weight excluding hydrogens is 302 g/mol. The molecule has 0 unspecified atom stereocenters. The zero-order valence-corrected chi connectivity index (χ0v) is 11.1. The summed E-state index contributed by atoms with van der Waals surface area (Å²) in [4.78, 5) is 22.1. The number of nitrogens with one attached hydrogen (secondary N) is 1. The van der Waals surface area contributed by atoms with Crippen LogP contribution < -0.4 is 5.32 Å². The molecule has 0 saturated heterocycles. The predicted molar refractivity (Wildman–Crippen MR) is 68.6 cm³/mol. The summed E-state index contributed by atoms with van der Waals surface area (Å²) in [7, 11) is 0. The smallest absolute Gasteiger partial charge is 0.322 e. The van der Waals surface area contributed by atoms with E-state index in [0.717, 1.165) is 9.86 Å². The minimum Gasteiger partial charge on any atom is -0.480 e. The van der Waals surface area contributed by atoms with Crippen molar-refractivity contribution in [3.63, 3.8) is 0 Å². The van der Waals surface area contributed by atoms with Crippen LogP contribution in [0.5, 0.6) is 0 Å². The van der Waals surface area contributed by atoms with Gasteiger partial charge in [-0.3, -0.25) is 9.59 Å². The Bertz CT molecular complexity index is 632. The molecule has 2 rings (SSSR count). The fourth-order valence-corrected chi connectivity index (χ4v) is 2.01. The van der Waals surface area contributed by atoms with E-state index in [-0.39, 0.29) is 5.76 Å². The minimum absolute atomic E-state index is 0.143. The van der Waals surface area contributed by atoms with E-state index in [1.165, 1.54) is 0 Å². The third-order valence-corrected chi connectivity index (χ3v) is 3.00. The monoisotopic (exact) mass is 311 g/mol. The lowest BCUT2D eigenvalue weighted by Crippen LogP contribution is -2.29. The van der Waals surface area contributed by atoms with E-state index < -0.39 is 18.4 Å². The summed E-state index contributed by atoms with van der Waals surface area (Å²) < 4.78 is 6.31. The van der Waals surface area contributed by atoms with Gasteiger partial charge in [0.05, 0.1) is 0 Å². The number of rotatable bonds is 3. The van der Waals surface area contributed by atoms with Crippen LogP contribution in [0.2, 0.25) is 0 Å². The van der Waals surface area contributed by atoms with Gasteiger partial charge in [-0.1, -0.05) is 15.9 Å². The molecule has 0 saturated carbocycles. The zero-order valence-electron chi connectivity index (χ0n) is 9.49. The molecule has 18 heavy (non-hydrogen) atoms. The molecular formula is C12H10BrNO4. The number of hydrogen-bond acceptors (Lipinski definition) is 3. The summed E-state index contributed by atoms with van der Waals surface area (Å²) in [6.45, 7) is 1.33. The van der Waals surface area contributed by atoms with E-state index in [1.807, 2.05) is 12.1 Å². The molecule has 0 radical (unpaired) electrons. The first-order valence-corrected chi connectivity index (χ1v) is 5.97. The average Bonchev–Trinajstić information content (AvgIpc) is 2.64. The van der Waals surface area contributed by atoms with Gasteiger partial charge >= 0.3 is 5.97 Å². The Kier molecular flexibility index (Phi) is 3.38. The molecule has 1 aromatic heterocycles. The number of halogens is 1. The highest BCUT2D eigenvalue weighted by atomic mass is 79.9. The first-order valence-electron chi connectivity index (χ1n) is 5.17. The number of hydrogen-bond donors (Lipinski definition) is 2. The molecule has 5 nitrogen and oxygen atoms in total. The van der Waals surface area contributed by atoms with Gasteiger partial charge in [0.1, 0.15) is 12.1 Å². The van der Waals surface area contributed by atoms with Crippen molar-refractivity contribution in [2.75, 3.05) is 6.54 Å². The van der Waals surface area contributed by atoms with Gasteiger partial charge in [0, 0.05) is 15.4 Å². The molecule has 0 atom stereocenters.